The summed E-state index contributed by atoms with van der Waals surface area (Å²) >= 11 is 12.8. The number of nitrogens with one attached hydrogen (secondary N) is 1. The number of rotatable bonds is 3. The van der Waals surface area contributed by atoms with Gasteiger partial charge in [-0.15, -0.1) is 5.10 Å². The average Bonchev–Trinajstić information content (AvgIpc) is 3.14. The van der Waals surface area contributed by atoms with Crippen LogP contribution in [-0.4, -0.2) is 30.9 Å². The molecule has 0 fully saturated rings. The van der Waals surface area contributed by atoms with E-state index in [1.807, 2.05) is 21.7 Å². The molecule has 0 unspecified atom stereocenters. The van der Waals surface area contributed by atoms with Crippen LogP contribution < -0.4 is 20.7 Å². The van der Waals surface area contributed by atoms with Gasteiger partial charge in [-0.1, -0.05) is 23.2 Å². The van der Waals surface area contributed by atoms with Gasteiger partial charge in [-0.25, -0.2) is 4.79 Å². The van der Waals surface area contributed by atoms with Gasteiger partial charge in [0.2, 0.25) is 5.69 Å². The third-order valence-corrected chi connectivity index (χ3v) is 5.38. The molecule has 1 aliphatic rings. The minimum Gasteiger partial charge on any atom is -0.465 e. The van der Waals surface area contributed by atoms with Gasteiger partial charge in [0.05, 0.1) is 33.4 Å². The first-order valence-electron chi connectivity index (χ1n) is 9.39. The lowest BCUT2D eigenvalue weighted by Gasteiger charge is -2.15. The van der Waals surface area contributed by atoms with Gasteiger partial charge in [0.15, 0.2) is 5.75 Å². The summed E-state index contributed by atoms with van der Waals surface area (Å²) in [6.45, 7) is 1.42. The summed E-state index contributed by atoms with van der Waals surface area (Å²) in [7, 11) is 0. The van der Waals surface area contributed by atoms with Crippen molar-refractivity contribution in [3.8, 4) is 29.3 Å². The second kappa shape index (κ2) is 7.71. The van der Waals surface area contributed by atoms with Crippen molar-refractivity contribution in [2.45, 2.75) is 13.0 Å². The quantitative estimate of drug-likeness (QED) is 0.487. The van der Waals surface area contributed by atoms with Crippen LogP contribution in [0.15, 0.2) is 39.9 Å². The molecular weight excluding hydrogens is 459 g/mol. The smallest absolute Gasteiger partial charge is 0.349 e. The molecule has 2 aromatic heterocycles. The number of benzene rings is 2. The van der Waals surface area contributed by atoms with Crippen LogP contribution in [0.1, 0.15) is 12.1 Å². The number of ether oxygens (including phenoxy) is 2. The van der Waals surface area contributed by atoms with Crippen molar-refractivity contribution in [1.82, 2.24) is 24.3 Å². The number of H-pyrrole nitrogens is 1. The standard InChI is InChI=1S/C20H12Cl2N6O4/c21-12-6-10(28-19(30)25-18(29)15(9-23)26-28)7-13(22)17(12)32-11-2-3-14-16(8-11)27-4-1-5-31-20(27)24-14/h2-3,6-8H,1,4-5H2,(H,25,29,30). The van der Waals surface area contributed by atoms with Crippen molar-refractivity contribution in [1.29, 1.82) is 5.26 Å². The van der Waals surface area contributed by atoms with E-state index in [1.165, 1.54) is 12.1 Å². The number of hydrogen-bond donors (Lipinski definition) is 1. The lowest BCUT2D eigenvalue weighted by Crippen LogP contribution is -2.33. The van der Waals surface area contributed by atoms with E-state index in [-0.39, 0.29) is 21.5 Å². The number of aromatic nitrogens is 5. The predicted octanol–water partition coefficient (Wildman–Crippen LogP) is 3.02. The minimum absolute atomic E-state index is 0.102. The molecule has 4 aromatic rings. The fraction of sp³-hybridized carbons (Fsp3) is 0.150. The molecule has 12 heteroatoms. The van der Waals surface area contributed by atoms with Crippen molar-refractivity contribution in [2.24, 2.45) is 0 Å². The molecule has 0 amide bonds. The summed E-state index contributed by atoms with van der Waals surface area (Å²) in [5.41, 5.74) is -0.407. The summed E-state index contributed by atoms with van der Waals surface area (Å²) in [5.74, 6) is 0.650. The second-order valence-electron chi connectivity index (χ2n) is 6.87. The molecule has 5 rings (SSSR count). The van der Waals surface area contributed by atoms with E-state index in [9.17, 15) is 9.59 Å². The highest BCUT2D eigenvalue weighted by Crippen LogP contribution is 2.39. The number of imidazole rings is 1. The largest absolute Gasteiger partial charge is 0.465 e. The van der Waals surface area contributed by atoms with E-state index in [0.717, 1.165) is 28.7 Å². The number of aromatic amines is 1. The number of fused-ring (bicyclic) bond motifs is 3. The first-order chi connectivity index (χ1) is 15.4. The first kappa shape index (κ1) is 20.1. The summed E-state index contributed by atoms with van der Waals surface area (Å²) in [6, 6.07) is 10.3. The van der Waals surface area contributed by atoms with Crippen molar-refractivity contribution < 1.29 is 9.47 Å². The Morgan fingerprint density at radius 1 is 1.19 bits per heavy atom. The maximum atomic E-state index is 12.1. The summed E-state index contributed by atoms with van der Waals surface area (Å²) < 4.78 is 14.3. The molecule has 10 nitrogen and oxygen atoms in total. The molecule has 0 atom stereocenters. The van der Waals surface area contributed by atoms with Gasteiger partial charge in [0, 0.05) is 12.6 Å². The van der Waals surface area contributed by atoms with Crippen LogP contribution in [0.25, 0.3) is 16.7 Å². The molecule has 32 heavy (non-hydrogen) atoms. The zero-order valence-corrected chi connectivity index (χ0v) is 17.6. The number of halogens is 2. The number of hydrogen-bond acceptors (Lipinski definition) is 7. The Bertz CT molecular complexity index is 1530. The van der Waals surface area contributed by atoms with Gasteiger partial charge >= 0.3 is 5.69 Å². The maximum absolute atomic E-state index is 12.1. The molecule has 0 radical (unpaired) electrons. The van der Waals surface area contributed by atoms with E-state index in [0.29, 0.717) is 18.4 Å². The van der Waals surface area contributed by atoms with Crippen LogP contribution in [0.2, 0.25) is 10.0 Å². The monoisotopic (exact) mass is 470 g/mol. The van der Waals surface area contributed by atoms with E-state index in [2.05, 4.69) is 10.1 Å². The lowest BCUT2D eigenvalue weighted by atomic mass is 10.2. The molecule has 2 aromatic carbocycles. The Morgan fingerprint density at radius 3 is 2.72 bits per heavy atom. The van der Waals surface area contributed by atoms with E-state index in [4.69, 9.17) is 37.9 Å². The lowest BCUT2D eigenvalue weighted by molar-refractivity contribution is 0.234. The molecule has 0 saturated heterocycles. The SMILES string of the molecule is N#Cc1nn(-c2cc(Cl)c(Oc3ccc4nc5n(c4c3)CCCO5)c(Cl)c2)c(=O)[nH]c1=O. The highest BCUT2D eigenvalue weighted by molar-refractivity contribution is 6.37. The molecule has 0 aliphatic carbocycles. The van der Waals surface area contributed by atoms with Gasteiger partial charge in [-0.2, -0.15) is 14.9 Å². The average molecular weight is 471 g/mol. The minimum atomic E-state index is -0.881. The Hall–Kier alpha value is -3.81. The Labute approximate surface area is 189 Å². The maximum Gasteiger partial charge on any atom is 0.349 e. The fourth-order valence-electron chi connectivity index (χ4n) is 3.39. The predicted molar refractivity (Wildman–Crippen MR) is 115 cm³/mol. The molecule has 0 spiro atoms. The van der Waals surface area contributed by atoms with Gasteiger partial charge in [0.25, 0.3) is 11.6 Å². The highest BCUT2D eigenvalue weighted by atomic mass is 35.5. The van der Waals surface area contributed by atoms with Crippen molar-refractivity contribution in [3.63, 3.8) is 0 Å². The molecule has 0 bridgehead atoms. The Kier molecular flexibility index (Phi) is 4.84. The van der Waals surface area contributed by atoms with E-state index in [1.54, 1.807) is 12.1 Å². The van der Waals surface area contributed by atoms with E-state index >= 15 is 0 Å². The molecule has 3 heterocycles. The molecule has 160 valence electrons. The number of nitrogens with zero attached hydrogens (tertiary/aromatic N) is 5. The van der Waals surface area contributed by atoms with Gasteiger partial charge < -0.3 is 9.47 Å². The summed E-state index contributed by atoms with van der Waals surface area (Å²) in [5, 5.41) is 12.9. The van der Waals surface area contributed by atoms with Gasteiger partial charge in [-0.3, -0.25) is 14.3 Å². The molecule has 1 aliphatic heterocycles. The normalized spacial score (nSPS) is 12.8. The summed E-state index contributed by atoms with van der Waals surface area (Å²) in [6.07, 6.45) is 0.883. The van der Waals surface area contributed by atoms with Crippen LogP contribution in [0.3, 0.4) is 0 Å². The van der Waals surface area contributed by atoms with E-state index < -0.39 is 16.9 Å². The van der Waals surface area contributed by atoms with Crippen LogP contribution in [-0.2, 0) is 6.54 Å². The van der Waals surface area contributed by atoms with Gasteiger partial charge in [0.1, 0.15) is 11.8 Å². The second-order valence-corrected chi connectivity index (χ2v) is 7.69. The molecular formula is C20H12Cl2N6O4. The third-order valence-electron chi connectivity index (χ3n) is 4.82. The van der Waals surface area contributed by atoms with Crippen LogP contribution in [0.4, 0.5) is 0 Å². The van der Waals surface area contributed by atoms with Crippen LogP contribution in [0.5, 0.6) is 17.5 Å². The van der Waals surface area contributed by atoms with Crippen LogP contribution in [0, 0.1) is 11.3 Å². The summed E-state index contributed by atoms with van der Waals surface area (Å²) in [4.78, 5) is 30.2. The van der Waals surface area contributed by atoms with Gasteiger partial charge in [-0.05, 0) is 30.7 Å². The highest BCUT2D eigenvalue weighted by Gasteiger charge is 2.18. The third kappa shape index (κ3) is 3.37. The molecule has 0 saturated carbocycles. The fourth-order valence-corrected chi connectivity index (χ4v) is 3.94. The molecule has 1 N–H and O–H groups in total. The van der Waals surface area contributed by atoms with Crippen LogP contribution >= 0.6 is 23.2 Å². The zero-order valence-electron chi connectivity index (χ0n) is 16.1. The zero-order chi connectivity index (χ0) is 22.4. The Balaban J connectivity index is 1.53. The topological polar surface area (TPSA) is 128 Å². The Morgan fingerprint density at radius 2 is 1.97 bits per heavy atom. The number of aryl methyl sites for hydroxylation is 1. The number of nitriles is 1. The van der Waals surface area contributed by atoms with Crippen molar-refractivity contribution in [3.05, 3.63) is 66.9 Å². The first-order valence-corrected chi connectivity index (χ1v) is 10.1. The van der Waals surface area contributed by atoms with Crippen molar-refractivity contribution in [2.75, 3.05) is 6.61 Å². The van der Waals surface area contributed by atoms with Crippen molar-refractivity contribution >= 4 is 34.2 Å².